The topological polar surface area (TPSA) is 85.2 Å². The molecule has 4 aromatic rings. The van der Waals surface area contributed by atoms with E-state index in [2.05, 4.69) is 25.3 Å². The highest BCUT2D eigenvalue weighted by atomic mass is 32.1. The summed E-state index contributed by atoms with van der Waals surface area (Å²) < 4.78 is 47.0. The summed E-state index contributed by atoms with van der Waals surface area (Å²) in [5.74, 6) is 0.451. The fraction of sp³-hybridized carbons (Fsp3) is 0.308. The number of aromatic nitrogens is 4. The van der Waals surface area contributed by atoms with E-state index in [1.807, 2.05) is 0 Å². The summed E-state index contributed by atoms with van der Waals surface area (Å²) in [6, 6.07) is 12.1. The zero-order valence-corrected chi connectivity index (χ0v) is 21.1. The molecular formula is C26H25F3N6O2S. The first kappa shape index (κ1) is 26.0. The van der Waals surface area contributed by atoms with Gasteiger partial charge in [0.25, 0.3) is 5.91 Å². The molecule has 1 aliphatic rings. The Balaban J connectivity index is 1.39. The number of morpholine rings is 1. The molecule has 0 bridgehead atoms. The Morgan fingerprint density at radius 3 is 2.55 bits per heavy atom. The van der Waals surface area contributed by atoms with E-state index in [-0.39, 0.29) is 11.7 Å². The maximum absolute atomic E-state index is 13.3. The van der Waals surface area contributed by atoms with Crippen LogP contribution in [-0.4, -0.2) is 63.4 Å². The van der Waals surface area contributed by atoms with Crippen LogP contribution < -0.4 is 5.32 Å². The minimum absolute atomic E-state index is 0.221. The van der Waals surface area contributed by atoms with Crippen LogP contribution in [0.25, 0.3) is 22.8 Å². The highest BCUT2D eigenvalue weighted by molar-refractivity contribution is 7.07. The molecule has 12 heteroatoms. The van der Waals surface area contributed by atoms with Gasteiger partial charge in [0.2, 0.25) is 0 Å². The molecule has 1 amide bonds. The molecule has 0 unspecified atom stereocenters. The standard InChI is InChI=1S/C26H25F3N6O2S/c27-26(28,29)20-4-1-3-19(15-20)23-32-24(35(33-23)10-2-9-34-11-13-37-14-12-34)18-5-7-21(8-6-18)31-25(36)22-16-38-17-30-22/h1,3-8,15-17H,2,9-14H2,(H,31,36). The second-order valence-corrected chi connectivity index (χ2v) is 9.49. The number of amides is 1. The molecule has 3 heterocycles. The van der Waals surface area contributed by atoms with Crippen molar-refractivity contribution in [3.05, 3.63) is 70.7 Å². The minimum atomic E-state index is -4.46. The normalized spacial score (nSPS) is 14.5. The van der Waals surface area contributed by atoms with Crippen LogP contribution in [0.1, 0.15) is 22.5 Å². The van der Waals surface area contributed by atoms with Gasteiger partial charge in [0.05, 0.1) is 24.3 Å². The third-order valence-electron chi connectivity index (χ3n) is 6.13. The number of thiazole rings is 1. The molecule has 0 radical (unpaired) electrons. The first-order valence-corrected chi connectivity index (χ1v) is 13.0. The van der Waals surface area contributed by atoms with Crippen LogP contribution in [0.4, 0.5) is 18.9 Å². The quantitative estimate of drug-likeness (QED) is 0.335. The van der Waals surface area contributed by atoms with Crippen LogP contribution in [0.3, 0.4) is 0 Å². The fourth-order valence-corrected chi connectivity index (χ4v) is 4.69. The van der Waals surface area contributed by atoms with Crippen molar-refractivity contribution < 1.29 is 22.7 Å². The van der Waals surface area contributed by atoms with Crippen LogP contribution in [-0.2, 0) is 17.5 Å². The van der Waals surface area contributed by atoms with Crippen LogP contribution in [0, 0.1) is 0 Å². The lowest BCUT2D eigenvalue weighted by molar-refractivity contribution is -0.137. The number of aryl methyl sites for hydroxylation is 1. The zero-order chi connectivity index (χ0) is 26.5. The smallest absolute Gasteiger partial charge is 0.379 e. The van der Waals surface area contributed by atoms with Gasteiger partial charge in [-0.1, -0.05) is 12.1 Å². The Morgan fingerprint density at radius 2 is 1.84 bits per heavy atom. The minimum Gasteiger partial charge on any atom is -0.379 e. The monoisotopic (exact) mass is 542 g/mol. The van der Waals surface area contributed by atoms with Crippen molar-refractivity contribution in [2.45, 2.75) is 19.1 Å². The van der Waals surface area contributed by atoms with Crippen molar-refractivity contribution in [3.63, 3.8) is 0 Å². The molecule has 1 aliphatic heterocycles. The zero-order valence-electron chi connectivity index (χ0n) is 20.3. The third-order valence-corrected chi connectivity index (χ3v) is 6.72. The molecule has 2 aromatic carbocycles. The summed E-state index contributed by atoms with van der Waals surface area (Å²) in [4.78, 5) is 23.3. The van der Waals surface area contributed by atoms with Gasteiger partial charge in [0, 0.05) is 48.4 Å². The molecule has 5 rings (SSSR count). The Hall–Kier alpha value is -3.61. The number of halogens is 3. The van der Waals surface area contributed by atoms with E-state index in [4.69, 9.17) is 4.74 Å². The Kier molecular flexibility index (Phi) is 7.82. The summed E-state index contributed by atoms with van der Waals surface area (Å²) in [7, 11) is 0. The Bertz CT molecular complexity index is 1370. The fourth-order valence-electron chi connectivity index (χ4n) is 4.16. The first-order valence-electron chi connectivity index (χ1n) is 12.1. The van der Waals surface area contributed by atoms with Crippen LogP contribution in [0.2, 0.25) is 0 Å². The summed E-state index contributed by atoms with van der Waals surface area (Å²) in [6.07, 6.45) is -3.67. The number of alkyl halides is 3. The largest absolute Gasteiger partial charge is 0.416 e. The first-order chi connectivity index (χ1) is 18.4. The maximum Gasteiger partial charge on any atom is 0.416 e. The molecule has 0 spiro atoms. The van der Waals surface area contributed by atoms with Crippen molar-refractivity contribution in [3.8, 4) is 22.8 Å². The van der Waals surface area contributed by atoms with Crippen molar-refractivity contribution in [2.24, 2.45) is 0 Å². The van der Waals surface area contributed by atoms with Gasteiger partial charge in [-0.05, 0) is 42.8 Å². The number of nitrogens with zero attached hydrogens (tertiary/aromatic N) is 5. The second kappa shape index (κ2) is 11.4. The molecule has 38 heavy (non-hydrogen) atoms. The number of benzene rings is 2. The van der Waals surface area contributed by atoms with Gasteiger partial charge >= 0.3 is 6.18 Å². The number of anilines is 1. The third kappa shape index (κ3) is 6.26. The predicted octanol–water partition coefficient (Wildman–Crippen LogP) is 5.06. The lowest BCUT2D eigenvalue weighted by atomic mass is 10.1. The predicted molar refractivity (Wildman–Crippen MR) is 138 cm³/mol. The van der Waals surface area contributed by atoms with Gasteiger partial charge in [-0.25, -0.2) is 14.6 Å². The number of nitrogens with one attached hydrogen (secondary N) is 1. The number of hydrogen-bond donors (Lipinski definition) is 1. The van der Waals surface area contributed by atoms with Gasteiger partial charge in [-0.3, -0.25) is 9.69 Å². The molecule has 0 saturated carbocycles. The molecule has 0 atom stereocenters. The molecule has 0 aliphatic carbocycles. The lowest BCUT2D eigenvalue weighted by Gasteiger charge is -2.26. The van der Waals surface area contributed by atoms with Gasteiger partial charge < -0.3 is 10.1 Å². The van der Waals surface area contributed by atoms with E-state index >= 15 is 0 Å². The van der Waals surface area contributed by atoms with Crippen molar-refractivity contribution in [2.75, 3.05) is 38.2 Å². The van der Waals surface area contributed by atoms with Crippen molar-refractivity contribution in [1.82, 2.24) is 24.6 Å². The summed E-state index contributed by atoms with van der Waals surface area (Å²) in [5, 5.41) is 9.05. The van der Waals surface area contributed by atoms with Crippen molar-refractivity contribution >= 4 is 22.9 Å². The highest BCUT2D eigenvalue weighted by Crippen LogP contribution is 2.32. The summed E-state index contributed by atoms with van der Waals surface area (Å²) in [6.45, 7) is 4.55. The van der Waals surface area contributed by atoms with Crippen LogP contribution in [0.15, 0.2) is 59.4 Å². The molecular weight excluding hydrogens is 517 g/mol. The van der Waals surface area contributed by atoms with Gasteiger partial charge in [-0.15, -0.1) is 11.3 Å². The number of rotatable bonds is 8. The van der Waals surface area contributed by atoms with Gasteiger partial charge in [0.15, 0.2) is 11.6 Å². The molecule has 198 valence electrons. The van der Waals surface area contributed by atoms with E-state index in [1.54, 1.807) is 45.9 Å². The summed E-state index contributed by atoms with van der Waals surface area (Å²) >= 11 is 1.34. The number of carbonyl (C=O) groups excluding carboxylic acids is 1. The number of ether oxygens (including phenoxy) is 1. The van der Waals surface area contributed by atoms with E-state index in [9.17, 15) is 18.0 Å². The molecule has 8 nitrogen and oxygen atoms in total. The average molecular weight is 543 g/mol. The van der Waals surface area contributed by atoms with Gasteiger partial charge in [-0.2, -0.15) is 18.3 Å². The number of carbonyl (C=O) groups is 1. The van der Waals surface area contributed by atoms with E-state index in [1.165, 1.54) is 17.4 Å². The average Bonchev–Trinajstić information content (AvgIpc) is 3.61. The van der Waals surface area contributed by atoms with Crippen LogP contribution in [0.5, 0.6) is 0 Å². The maximum atomic E-state index is 13.3. The second-order valence-electron chi connectivity index (χ2n) is 8.77. The lowest BCUT2D eigenvalue weighted by Crippen LogP contribution is -2.37. The highest BCUT2D eigenvalue weighted by Gasteiger charge is 2.31. The molecule has 1 N–H and O–H groups in total. The molecule has 1 fully saturated rings. The van der Waals surface area contributed by atoms with Crippen molar-refractivity contribution in [1.29, 1.82) is 0 Å². The molecule has 1 saturated heterocycles. The SMILES string of the molecule is O=C(Nc1ccc(-c2nc(-c3cccc(C(F)(F)F)c3)nn2CCCN2CCOCC2)cc1)c1cscn1. The Morgan fingerprint density at radius 1 is 1.05 bits per heavy atom. The van der Waals surface area contributed by atoms with E-state index < -0.39 is 11.7 Å². The van der Waals surface area contributed by atoms with E-state index in [0.29, 0.717) is 42.5 Å². The van der Waals surface area contributed by atoms with Gasteiger partial charge in [0.1, 0.15) is 5.69 Å². The van der Waals surface area contributed by atoms with E-state index in [0.717, 1.165) is 43.8 Å². The molecule has 2 aromatic heterocycles. The van der Waals surface area contributed by atoms with Crippen LogP contribution >= 0.6 is 11.3 Å². The summed E-state index contributed by atoms with van der Waals surface area (Å²) in [5.41, 5.74) is 2.79. The Labute approximate surface area is 221 Å². The number of hydrogen-bond acceptors (Lipinski definition) is 7.